The Balaban J connectivity index is 1.90. The maximum Gasteiger partial charge on any atom is 0.128 e. The van der Waals surface area contributed by atoms with Gasteiger partial charge in [0.2, 0.25) is 0 Å². The summed E-state index contributed by atoms with van der Waals surface area (Å²) in [6, 6.07) is 15.0. The standard InChI is InChI=1S/C18H17ClFN/c1-12-6-8-13(9-7-12)17-11-10-15(19)18(21-17)14-4-2-3-5-16(14)20/h2-10,17-18,21H,11H2,1H3. The second-order valence-electron chi connectivity index (χ2n) is 5.41. The van der Waals surface area contributed by atoms with Gasteiger partial charge >= 0.3 is 0 Å². The molecule has 2 aromatic carbocycles. The van der Waals surface area contributed by atoms with Gasteiger partial charge in [0.05, 0.1) is 6.04 Å². The molecule has 0 aliphatic carbocycles. The molecule has 0 amide bonds. The zero-order valence-corrected chi connectivity index (χ0v) is 12.6. The predicted octanol–water partition coefficient (Wildman–Crippen LogP) is 5.03. The molecule has 3 rings (SSSR count). The number of rotatable bonds is 2. The summed E-state index contributed by atoms with van der Waals surface area (Å²) in [7, 11) is 0. The van der Waals surface area contributed by atoms with Crippen molar-refractivity contribution in [2.24, 2.45) is 0 Å². The molecular formula is C18H17ClFN. The quantitative estimate of drug-likeness (QED) is 0.820. The molecule has 1 aliphatic heterocycles. The molecule has 0 bridgehead atoms. The van der Waals surface area contributed by atoms with Crippen molar-refractivity contribution in [1.29, 1.82) is 0 Å². The summed E-state index contributed by atoms with van der Waals surface area (Å²) < 4.78 is 14.0. The molecule has 0 spiro atoms. The van der Waals surface area contributed by atoms with Crippen molar-refractivity contribution in [3.05, 3.63) is 82.1 Å². The van der Waals surface area contributed by atoms with Crippen LogP contribution >= 0.6 is 11.6 Å². The summed E-state index contributed by atoms with van der Waals surface area (Å²) in [5.74, 6) is -0.230. The zero-order valence-electron chi connectivity index (χ0n) is 11.8. The van der Waals surface area contributed by atoms with Gasteiger partial charge in [-0.15, -0.1) is 0 Å². The van der Waals surface area contributed by atoms with Gasteiger partial charge in [0.1, 0.15) is 5.82 Å². The van der Waals surface area contributed by atoms with E-state index in [0.717, 1.165) is 6.42 Å². The van der Waals surface area contributed by atoms with Crippen LogP contribution in [0.3, 0.4) is 0 Å². The van der Waals surface area contributed by atoms with E-state index in [0.29, 0.717) is 10.6 Å². The maximum atomic E-state index is 14.0. The molecule has 2 atom stereocenters. The molecule has 2 unspecified atom stereocenters. The minimum Gasteiger partial charge on any atom is -0.298 e. The molecule has 2 aromatic rings. The molecule has 1 aliphatic rings. The highest BCUT2D eigenvalue weighted by Gasteiger charge is 2.26. The Morgan fingerprint density at radius 1 is 1.10 bits per heavy atom. The third-order valence-corrected chi connectivity index (χ3v) is 4.26. The molecule has 1 N–H and O–H groups in total. The Bertz CT molecular complexity index is 663. The van der Waals surface area contributed by atoms with E-state index in [9.17, 15) is 4.39 Å². The first kappa shape index (κ1) is 14.3. The predicted molar refractivity (Wildman–Crippen MR) is 84.7 cm³/mol. The average Bonchev–Trinajstić information content (AvgIpc) is 2.50. The normalized spacial score (nSPS) is 22.0. The van der Waals surface area contributed by atoms with Crippen molar-refractivity contribution < 1.29 is 4.39 Å². The fourth-order valence-corrected chi connectivity index (χ4v) is 2.95. The number of hydrogen-bond donors (Lipinski definition) is 1. The highest BCUT2D eigenvalue weighted by atomic mass is 35.5. The first-order valence-corrected chi connectivity index (χ1v) is 7.45. The van der Waals surface area contributed by atoms with Crippen LogP contribution in [0.2, 0.25) is 0 Å². The number of hydrogen-bond acceptors (Lipinski definition) is 1. The van der Waals surface area contributed by atoms with Crippen LogP contribution < -0.4 is 5.32 Å². The highest BCUT2D eigenvalue weighted by molar-refractivity contribution is 6.30. The van der Waals surface area contributed by atoms with Gasteiger partial charge in [-0.05, 0) is 25.0 Å². The van der Waals surface area contributed by atoms with Crippen molar-refractivity contribution in [1.82, 2.24) is 5.32 Å². The van der Waals surface area contributed by atoms with Gasteiger partial charge in [-0.1, -0.05) is 65.7 Å². The molecule has 0 radical (unpaired) electrons. The molecule has 0 aromatic heterocycles. The highest BCUT2D eigenvalue weighted by Crippen LogP contribution is 2.35. The summed E-state index contributed by atoms with van der Waals surface area (Å²) in [5, 5.41) is 4.11. The fourth-order valence-electron chi connectivity index (χ4n) is 2.68. The summed E-state index contributed by atoms with van der Waals surface area (Å²) in [6.45, 7) is 2.07. The van der Waals surface area contributed by atoms with Crippen LogP contribution in [-0.4, -0.2) is 0 Å². The van der Waals surface area contributed by atoms with E-state index in [-0.39, 0.29) is 17.9 Å². The topological polar surface area (TPSA) is 12.0 Å². The van der Waals surface area contributed by atoms with Gasteiger partial charge in [0, 0.05) is 16.6 Å². The second-order valence-corrected chi connectivity index (χ2v) is 5.85. The van der Waals surface area contributed by atoms with Crippen molar-refractivity contribution in [3.8, 4) is 0 Å². The van der Waals surface area contributed by atoms with Crippen molar-refractivity contribution >= 4 is 11.6 Å². The number of halogens is 2. The fraction of sp³-hybridized carbons (Fsp3) is 0.222. The summed E-state index contributed by atoms with van der Waals surface area (Å²) in [5.41, 5.74) is 3.02. The molecule has 0 saturated heterocycles. The lowest BCUT2D eigenvalue weighted by Crippen LogP contribution is -2.30. The van der Waals surface area contributed by atoms with E-state index in [1.807, 2.05) is 12.1 Å². The summed E-state index contributed by atoms with van der Waals surface area (Å²) >= 11 is 6.30. The van der Waals surface area contributed by atoms with Gasteiger partial charge in [0.15, 0.2) is 0 Å². The zero-order chi connectivity index (χ0) is 14.8. The molecular weight excluding hydrogens is 285 g/mol. The van der Waals surface area contributed by atoms with Gasteiger partial charge in [0.25, 0.3) is 0 Å². The first-order valence-electron chi connectivity index (χ1n) is 7.08. The minimum atomic E-state index is -0.284. The Labute approximate surface area is 129 Å². The van der Waals surface area contributed by atoms with Crippen molar-refractivity contribution in [2.45, 2.75) is 25.4 Å². The number of benzene rings is 2. The third kappa shape index (κ3) is 3.02. The third-order valence-electron chi connectivity index (χ3n) is 3.89. The largest absolute Gasteiger partial charge is 0.298 e. The van der Waals surface area contributed by atoms with E-state index in [2.05, 4.69) is 36.5 Å². The van der Waals surface area contributed by atoms with E-state index >= 15 is 0 Å². The van der Waals surface area contributed by atoms with Gasteiger partial charge in [-0.3, -0.25) is 5.32 Å². The van der Waals surface area contributed by atoms with Crippen molar-refractivity contribution in [2.75, 3.05) is 0 Å². The van der Waals surface area contributed by atoms with Crippen LogP contribution in [-0.2, 0) is 0 Å². The van der Waals surface area contributed by atoms with E-state index in [1.54, 1.807) is 12.1 Å². The second kappa shape index (κ2) is 6.00. The molecule has 108 valence electrons. The lowest BCUT2D eigenvalue weighted by molar-refractivity contribution is 0.455. The Morgan fingerprint density at radius 2 is 1.81 bits per heavy atom. The van der Waals surface area contributed by atoms with Crippen LogP contribution in [0.1, 0.15) is 35.2 Å². The van der Waals surface area contributed by atoms with Gasteiger partial charge < -0.3 is 0 Å². The van der Waals surface area contributed by atoms with E-state index < -0.39 is 0 Å². The molecule has 1 nitrogen and oxygen atoms in total. The summed E-state index contributed by atoms with van der Waals surface area (Å²) in [4.78, 5) is 0. The SMILES string of the molecule is Cc1ccc(C2CC=C(Cl)C(c3ccccc3F)N2)cc1. The van der Waals surface area contributed by atoms with Crippen LogP contribution in [0.4, 0.5) is 4.39 Å². The molecule has 3 heteroatoms. The molecule has 21 heavy (non-hydrogen) atoms. The average molecular weight is 302 g/mol. The van der Waals surface area contributed by atoms with Gasteiger partial charge in [-0.25, -0.2) is 4.39 Å². The molecule has 0 saturated carbocycles. The Morgan fingerprint density at radius 3 is 2.52 bits per heavy atom. The van der Waals surface area contributed by atoms with Crippen LogP contribution in [0.25, 0.3) is 0 Å². The number of nitrogens with one attached hydrogen (secondary N) is 1. The smallest absolute Gasteiger partial charge is 0.128 e. The summed E-state index contributed by atoms with van der Waals surface area (Å²) in [6.07, 6.45) is 2.80. The minimum absolute atomic E-state index is 0.151. The van der Waals surface area contributed by atoms with Crippen LogP contribution in [0, 0.1) is 12.7 Å². The number of aryl methyl sites for hydroxylation is 1. The molecule has 1 heterocycles. The van der Waals surface area contributed by atoms with E-state index in [1.165, 1.54) is 17.2 Å². The van der Waals surface area contributed by atoms with E-state index in [4.69, 9.17) is 11.6 Å². The van der Waals surface area contributed by atoms with Crippen LogP contribution in [0.15, 0.2) is 59.6 Å². The monoisotopic (exact) mass is 301 g/mol. The lowest BCUT2D eigenvalue weighted by atomic mass is 9.94. The van der Waals surface area contributed by atoms with Crippen molar-refractivity contribution in [3.63, 3.8) is 0 Å². The first-order chi connectivity index (χ1) is 10.1. The Kier molecular flexibility index (Phi) is 4.09. The van der Waals surface area contributed by atoms with Crippen LogP contribution in [0.5, 0.6) is 0 Å². The Hall–Kier alpha value is -1.64. The maximum absolute atomic E-state index is 14.0. The molecule has 0 fully saturated rings. The van der Waals surface area contributed by atoms with Gasteiger partial charge in [-0.2, -0.15) is 0 Å². The lowest BCUT2D eigenvalue weighted by Gasteiger charge is -2.30.